The molecule has 0 aliphatic heterocycles. The minimum atomic E-state index is -5.05. The molecule has 34 heavy (non-hydrogen) atoms. The molecule has 0 unspecified atom stereocenters. The van der Waals surface area contributed by atoms with Crippen LogP contribution in [-0.4, -0.2) is 21.6 Å². The summed E-state index contributed by atoms with van der Waals surface area (Å²) in [5.74, 6) is -9.68. The first-order valence-electron chi connectivity index (χ1n) is 11.1. The maximum atomic E-state index is 14.3. The Bertz CT molecular complexity index is 1010. The number of hydrogen-bond donors (Lipinski definition) is 0. The molecule has 1 aromatic carbocycles. The third kappa shape index (κ3) is 9.25. The summed E-state index contributed by atoms with van der Waals surface area (Å²) < 4.78 is 90.8. The summed E-state index contributed by atoms with van der Waals surface area (Å²) in [5.41, 5.74) is 3.38. The van der Waals surface area contributed by atoms with Gasteiger partial charge in [0.25, 0.3) is 0 Å². The van der Waals surface area contributed by atoms with E-state index in [1.807, 2.05) is 6.92 Å². The van der Waals surface area contributed by atoms with Gasteiger partial charge in [-0.2, -0.15) is 17.2 Å². The average molecular weight is 507 g/mol. The van der Waals surface area contributed by atoms with E-state index in [1.54, 1.807) is 20.8 Å². The Morgan fingerprint density at radius 1 is 0.824 bits per heavy atom. The molecule has 0 amide bonds. The molecule has 9 heteroatoms. The van der Waals surface area contributed by atoms with Gasteiger partial charge in [0.1, 0.15) is 6.61 Å². The van der Waals surface area contributed by atoms with Crippen molar-refractivity contribution in [1.82, 2.24) is 0 Å². The van der Waals surface area contributed by atoms with Crippen molar-refractivity contribution in [3.05, 3.63) is 58.2 Å². The zero-order valence-corrected chi connectivity index (χ0v) is 21.4. The summed E-state index contributed by atoms with van der Waals surface area (Å²) in [6, 6.07) is 0. The third-order valence-electron chi connectivity index (χ3n) is 4.77. The van der Waals surface area contributed by atoms with Crippen molar-refractivity contribution in [3.63, 3.8) is 0 Å². The molecule has 0 N–H and O–H groups in total. The van der Waals surface area contributed by atoms with Crippen LogP contribution >= 0.6 is 0 Å². The molecule has 0 aromatic heterocycles. The van der Waals surface area contributed by atoms with Crippen LogP contribution < -0.4 is 4.74 Å². The number of hydrogen-bond acceptors (Lipinski definition) is 4. The Labute approximate surface area is 200 Å². The van der Waals surface area contributed by atoms with E-state index in [0.717, 1.165) is 24.8 Å². The molecule has 0 heterocycles. The molecule has 1 aromatic rings. The van der Waals surface area contributed by atoms with Gasteiger partial charge in [-0.15, -0.1) is 0 Å². The summed E-state index contributed by atoms with van der Waals surface area (Å²) >= 11 is 0. The van der Waals surface area contributed by atoms with E-state index >= 15 is 0 Å². The van der Waals surface area contributed by atoms with Gasteiger partial charge >= 0.3 is 10.1 Å². The molecule has 0 bridgehead atoms. The molecule has 0 atom stereocenters. The molecule has 0 saturated carbocycles. The number of rotatable bonds is 13. The zero-order valence-electron chi connectivity index (χ0n) is 20.6. The number of ether oxygens (including phenoxy) is 1. The van der Waals surface area contributed by atoms with Crippen LogP contribution in [0.15, 0.2) is 39.8 Å². The molecule has 4 nitrogen and oxygen atoms in total. The summed E-state index contributed by atoms with van der Waals surface area (Å²) in [5, 5.41) is 0. The molecular formula is C25H34F4O4S. The highest BCUT2D eigenvalue weighted by molar-refractivity contribution is 7.86. The molecule has 192 valence electrons. The first kappa shape index (κ1) is 29.9. The van der Waals surface area contributed by atoms with Crippen molar-refractivity contribution in [1.29, 1.82) is 0 Å². The van der Waals surface area contributed by atoms with Crippen LogP contribution in [0.1, 0.15) is 67.2 Å². The van der Waals surface area contributed by atoms with Gasteiger partial charge in [-0.05, 0) is 65.4 Å². The van der Waals surface area contributed by atoms with E-state index in [-0.39, 0.29) is 12.5 Å². The molecular weight excluding hydrogens is 472 g/mol. The van der Waals surface area contributed by atoms with Crippen molar-refractivity contribution < 1.29 is 34.9 Å². The van der Waals surface area contributed by atoms with Crippen LogP contribution in [0.5, 0.6) is 5.75 Å². The van der Waals surface area contributed by atoms with E-state index in [2.05, 4.69) is 30.2 Å². The van der Waals surface area contributed by atoms with Gasteiger partial charge in [-0.3, -0.25) is 4.18 Å². The molecule has 0 aliphatic rings. The molecule has 0 aliphatic carbocycles. The van der Waals surface area contributed by atoms with Crippen molar-refractivity contribution in [3.8, 4) is 5.75 Å². The summed E-state index contributed by atoms with van der Waals surface area (Å²) in [4.78, 5) is -1.81. The summed E-state index contributed by atoms with van der Waals surface area (Å²) in [6.07, 6.45) is 9.19. The van der Waals surface area contributed by atoms with Crippen molar-refractivity contribution in [2.45, 2.75) is 72.1 Å². The number of halogens is 4. The molecule has 0 radical (unpaired) electrons. The van der Waals surface area contributed by atoms with Gasteiger partial charge in [-0.25, -0.2) is 8.78 Å². The number of allylic oxidation sites excluding steroid dienone is 5. The van der Waals surface area contributed by atoms with E-state index in [1.165, 1.54) is 17.2 Å². The van der Waals surface area contributed by atoms with Gasteiger partial charge in [0.15, 0.2) is 22.3 Å². The Balaban J connectivity index is 2.85. The predicted octanol–water partition coefficient (Wildman–Crippen LogP) is 7.40. The van der Waals surface area contributed by atoms with Gasteiger partial charge in [0.05, 0.1) is 6.61 Å². The predicted molar refractivity (Wildman–Crippen MR) is 125 cm³/mol. The lowest BCUT2D eigenvalue weighted by atomic mass is 10.1. The number of benzene rings is 1. The van der Waals surface area contributed by atoms with Crippen LogP contribution in [0.3, 0.4) is 0 Å². The van der Waals surface area contributed by atoms with Gasteiger partial charge in [0.2, 0.25) is 11.6 Å². The quantitative estimate of drug-likeness (QED) is 0.121. The van der Waals surface area contributed by atoms with E-state index < -0.39 is 50.6 Å². The molecule has 0 spiro atoms. The second-order valence-corrected chi connectivity index (χ2v) is 10.4. The van der Waals surface area contributed by atoms with Gasteiger partial charge in [0, 0.05) is 0 Å². The summed E-state index contributed by atoms with van der Waals surface area (Å²) in [7, 11) is -5.05. The smallest absolute Gasteiger partial charge is 0.303 e. The van der Waals surface area contributed by atoms with Gasteiger partial charge in [-0.1, -0.05) is 42.7 Å². The second kappa shape index (κ2) is 13.7. The van der Waals surface area contributed by atoms with Crippen LogP contribution in [0.2, 0.25) is 0 Å². The van der Waals surface area contributed by atoms with E-state index in [0.29, 0.717) is 6.42 Å². The van der Waals surface area contributed by atoms with E-state index in [4.69, 9.17) is 4.74 Å². The minimum absolute atomic E-state index is 0.296. The lowest BCUT2D eigenvalue weighted by Gasteiger charge is -2.13. The molecule has 0 saturated heterocycles. The Kier molecular flexibility index (Phi) is 12.0. The van der Waals surface area contributed by atoms with Crippen molar-refractivity contribution >= 4 is 10.1 Å². The van der Waals surface area contributed by atoms with Crippen LogP contribution in [0.4, 0.5) is 17.6 Å². The topological polar surface area (TPSA) is 52.6 Å². The lowest BCUT2D eigenvalue weighted by Crippen LogP contribution is -2.17. The Morgan fingerprint density at radius 3 is 1.82 bits per heavy atom. The fourth-order valence-electron chi connectivity index (χ4n) is 2.83. The second-order valence-electron chi connectivity index (χ2n) is 8.82. The first-order chi connectivity index (χ1) is 15.8. The first-order valence-corrected chi connectivity index (χ1v) is 12.5. The standard InChI is InChI=1S/C25H34F4O4S/c1-16(2)9-7-10-18(5)11-8-12-19(6)13-14-32-24-20(26)22(28)25(23(29)21(24)27)34(30,31)33-15-17(3)4/h9,11,13,17H,7-8,10,12,14-15H2,1-6H3/b18-11+,19-13+. The molecule has 0 fully saturated rings. The minimum Gasteiger partial charge on any atom is -0.483 e. The fraction of sp³-hybridized carbons (Fsp3) is 0.520. The monoisotopic (exact) mass is 506 g/mol. The zero-order chi connectivity index (χ0) is 26.1. The maximum absolute atomic E-state index is 14.3. The highest BCUT2D eigenvalue weighted by Gasteiger charge is 2.34. The van der Waals surface area contributed by atoms with Crippen molar-refractivity contribution in [2.75, 3.05) is 13.2 Å². The normalized spacial score (nSPS) is 12.9. The van der Waals surface area contributed by atoms with Crippen LogP contribution in [0, 0.1) is 29.2 Å². The summed E-state index contributed by atoms with van der Waals surface area (Å²) in [6.45, 7) is 10.4. The SMILES string of the molecule is CC(C)=CCC/C(C)=C/CC/C(C)=C/COc1c(F)c(F)c(S(=O)(=O)OCC(C)C)c(F)c1F. The Hall–Kier alpha value is -2.13. The van der Waals surface area contributed by atoms with Gasteiger partial charge < -0.3 is 4.74 Å². The maximum Gasteiger partial charge on any atom is 0.303 e. The fourth-order valence-corrected chi connectivity index (χ4v) is 4.02. The highest BCUT2D eigenvalue weighted by atomic mass is 32.2. The third-order valence-corrected chi connectivity index (χ3v) is 6.08. The van der Waals surface area contributed by atoms with Crippen LogP contribution in [0.25, 0.3) is 0 Å². The average Bonchev–Trinajstić information content (AvgIpc) is 2.73. The lowest BCUT2D eigenvalue weighted by molar-refractivity contribution is 0.265. The molecule has 1 rings (SSSR count). The Morgan fingerprint density at radius 2 is 1.32 bits per heavy atom. The largest absolute Gasteiger partial charge is 0.483 e. The van der Waals surface area contributed by atoms with Crippen molar-refractivity contribution in [2.24, 2.45) is 5.92 Å². The van der Waals surface area contributed by atoms with Crippen LogP contribution in [-0.2, 0) is 14.3 Å². The van der Waals surface area contributed by atoms with E-state index in [9.17, 15) is 26.0 Å². The highest BCUT2D eigenvalue weighted by Crippen LogP contribution is 2.33.